The molecule has 2 saturated heterocycles. The normalized spacial score (nSPS) is 25.5. The van der Waals surface area contributed by atoms with Crippen molar-refractivity contribution in [2.75, 3.05) is 37.7 Å². The molecule has 3 aromatic rings. The van der Waals surface area contributed by atoms with Gasteiger partial charge in [-0.25, -0.2) is 4.98 Å². The number of aryl methyl sites for hydroxylation is 2. The number of para-hydroxylation sites is 1. The molecule has 0 spiro atoms. The van der Waals surface area contributed by atoms with E-state index in [9.17, 15) is 9.90 Å². The van der Waals surface area contributed by atoms with E-state index in [1.807, 2.05) is 24.3 Å². The highest BCUT2D eigenvalue weighted by atomic mass is 16.5. The van der Waals surface area contributed by atoms with Crippen molar-refractivity contribution < 1.29 is 19.4 Å². The topological polar surface area (TPSA) is 75.1 Å². The maximum atomic E-state index is 11.8. The van der Waals surface area contributed by atoms with Crippen molar-refractivity contribution in [3.8, 4) is 17.0 Å². The molecule has 40 heavy (non-hydrogen) atoms. The fourth-order valence-corrected chi connectivity index (χ4v) is 7.11. The van der Waals surface area contributed by atoms with Crippen LogP contribution in [0.25, 0.3) is 11.3 Å². The van der Waals surface area contributed by atoms with E-state index in [2.05, 4.69) is 47.9 Å². The van der Waals surface area contributed by atoms with Gasteiger partial charge in [0.15, 0.2) is 0 Å². The quantitative estimate of drug-likeness (QED) is 0.453. The van der Waals surface area contributed by atoms with Gasteiger partial charge in [0.05, 0.1) is 17.7 Å². The number of aromatic nitrogens is 1. The van der Waals surface area contributed by atoms with Crippen molar-refractivity contribution in [1.82, 2.24) is 9.88 Å². The second-order valence-corrected chi connectivity index (χ2v) is 12.2. The number of piperidine rings is 1. The first-order chi connectivity index (χ1) is 19.4. The van der Waals surface area contributed by atoms with E-state index in [1.54, 1.807) is 0 Å². The summed E-state index contributed by atoms with van der Waals surface area (Å²) < 4.78 is 12.2. The molecule has 1 aromatic heterocycles. The van der Waals surface area contributed by atoms with Gasteiger partial charge in [0.2, 0.25) is 0 Å². The zero-order chi connectivity index (χ0) is 27.4. The number of carbonyl (C=O) groups is 1. The monoisotopic (exact) mass is 539 g/mol. The second kappa shape index (κ2) is 9.89. The summed E-state index contributed by atoms with van der Waals surface area (Å²) in [5.41, 5.74) is 7.73. The molecule has 3 fully saturated rings. The molecular formula is C33H37N3O4. The Kier molecular flexibility index (Phi) is 6.32. The van der Waals surface area contributed by atoms with Gasteiger partial charge in [-0.2, -0.15) is 0 Å². The lowest BCUT2D eigenvalue weighted by Crippen LogP contribution is -2.39. The fourth-order valence-electron chi connectivity index (χ4n) is 7.11. The summed E-state index contributed by atoms with van der Waals surface area (Å²) in [5.74, 6) is 1.24. The Hall–Kier alpha value is -3.42. The van der Waals surface area contributed by atoms with Crippen LogP contribution in [0.4, 0.5) is 5.82 Å². The molecule has 3 atom stereocenters. The van der Waals surface area contributed by atoms with Crippen molar-refractivity contribution in [3.05, 3.63) is 76.3 Å². The average Bonchev–Trinajstić information content (AvgIpc) is 3.29. The van der Waals surface area contributed by atoms with Crippen LogP contribution in [0.15, 0.2) is 48.5 Å². The lowest BCUT2D eigenvalue weighted by molar-refractivity contribution is -0.143. The van der Waals surface area contributed by atoms with Gasteiger partial charge in [0, 0.05) is 44.4 Å². The minimum atomic E-state index is -0.677. The van der Waals surface area contributed by atoms with Gasteiger partial charge < -0.3 is 19.5 Å². The van der Waals surface area contributed by atoms with Crippen LogP contribution in [0, 0.1) is 25.2 Å². The number of aliphatic carboxylic acids is 1. The zero-order valence-electron chi connectivity index (χ0n) is 23.4. The third kappa shape index (κ3) is 4.45. The Morgan fingerprint density at radius 2 is 2.05 bits per heavy atom. The van der Waals surface area contributed by atoms with Gasteiger partial charge in [-0.1, -0.05) is 30.3 Å². The van der Waals surface area contributed by atoms with Crippen molar-refractivity contribution in [2.24, 2.45) is 11.3 Å². The molecule has 1 unspecified atom stereocenters. The van der Waals surface area contributed by atoms with Crippen LogP contribution >= 0.6 is 0 Å². The predicted octanol–water partition coefficient (Wildman–Crippen LogP) is 5.00. The Morgan fingerprint density at radius 3 is 2.85 bits per heavy atom. The molecule has 4 heterocycles. The van der Waals surface area contributed by atoms with Crippen molar-refractivity contribution >= 4 is 11.8 Å². The second-order valence-electron chi connectivity index (χ2n) is 12.2. The van der Waals surface area contributed by atoms with Crippen LogP contribution in [0.1, 0.15) is 40.7 Å². The van der Waals surface area contributed by atoms with Crippen LogP contribution < -0.4 is 9.64 Å². The number of hydrogen-bond acceptors (Lipinski definition) is 6. The van der Waals surface area contributed by atoms with Gasteiger partial charge in [-0.05, 0) is 85.0 Å². The molecule has 7 nitrogen and oxygen atoms in total. The molecule has 7 rings (SSSR count). The van der Waals surface area contributed by atoms with Gasteiger partial charge in [0.1, 0.15) is 18.2 Å². The van der Waals surface area contributed by atoms with Crippen molar-refractivity contribution in [2.45, 2.75) is 52.3 Å². The van der Waals surface area contributed by atoms with E-state index in [1.165, 1.54) is 22.3 Å². The number of fused-ring (bicyclic) bond motifs is 2. The van der Waals surface area contributed by atoms with Crippen molar-refractivity contribution in [1.29, 1.82) is 0 Å². The Balaban J connectivity index is 1.10. The summed E-state index contributed by atoms with van der Waals surface area (Å²) in [6.07, 6.45) is 2.98. The molecule has 0 amide bonds. The van der Waals surface area contributed by atoms with Crippen LogP contribution in [-0.4, -0.2) is 59.8 Å². The molecule has 4 aliphatic rings. The molecule has 3 aliphatic heterocycles. The predicted molar refractivity (Wildman–Crippen MR) is 154 cm³/mol. The van der Waals surface area contributed by atoms with E-state index in [4.69, 9.17) is 14.5 Å². The Bertz CT molecular complexity index is 1470. The van der Waals surface area contributed by atoms with Gasteiger partial charge in [-0.3, -0.25) is 9.69 Å². The number of carboxylic acid groups (broad SMARTS) is 1. The molecule has 0 radical (unpaired) electrons. The highest BCUT2D eigenvalue weighted by molar-refractivity contribution is 5.81. The third-order valence-electron chi connectivity index (χ3n) is 9.58. The Labute approximate surface area is 235 Å². The Morgan fingerprint density at radius 1 is 1.18 bits per heavy atom. The maximum Gasteiger partial charge on any atom is 0.311 e. The number of ether oxygens (including phenoxy) is 2. The molecule has 1 saturated carbocycles. The highest BCUT2D eigenvalue weighted by Crippen LogP contribution is 2.58. The summed E-state index contributed by atoms with van der Waals surface area (Å²) in [5, 5.41) is 9.70. The van der Waals surface area contributed by atoms with Crippen molar-refractivity contribution in [3.63, 3.8) is 0 Å². The summed E-state index contributed by atoms with van der Waals surface area (Å²) in [4.78, 5) is 21.5. The SMILES string of the molecule is Cc1cc(COc2c(C)cccc2-c2cccc(N3C[C@@H]4C[C@]4(C(=O)O)C3)n2)cc2c1CN(C1CCOC1)CC2. The molecule has 2 aromatic carbocycles. The van der Waals surface area contributed by atoms with Crippen LogP contribution in [0.2, 0.25) is 0 Å². The molecule has 1 N–H and O–H groups in total. The van der Waals surface area contributed by atoms with Gasteiger partial charge in [0.25, 0.3) is 0 Å². The van der Waals surface area contributed by atoms with E-state index in [0.29, 0.717) is 19.2 Å². The standard InChI is InChI=1S/C33H37N3O4/c1-21-5-3-6-27(29-7-4-8-30(34-29)36-16-25-15-33(25,20-36)32(37)38)31(21)40-18-23-13-22(2)28-17-35(11-9-24(28)14-23)26-10-12-39-19-26/h3-8,13-14,25-26H,9-12,15-20H2,1-2H3,(H,37,38)/t25-,26?,33-/m0/s1. The van der Waals surface area contributed by atoms with Crippen LogP contribution in [0.5, 0.6) is 5.75 Å². The number of pyridine rings is 1. The summed E-state index contributed by atoms with van der Waals surface area (Å²) >= 11 is 0. The largest absolute Gasteiger partial charge is 0.488 e. The van der Waals surface area contributed by atoms with E-state index < -0.39 is 11.4 Å². The van der Waals surface area contributed by atoms with E-state index in [-0.39, 0.29) is 5.92 Å². The minimum Gasteiger partial charge on any atom is -0.488 e. The maximum absolute atomic E-state index is 11.8. The number of carboxylic acids is 1. The van der Waals surface area contributed by atoms with Crippen LogP contribution in [-0.2, 0) is 29.1 Å². The van der Waals surface area contributed by atoms with Gasteiger partial charge in [-0.15, -0.1) is 0 Å². The van der Waals surface area contributed by atoms with Gasteiger partial charge >= 0.3 is 5.97 Å². The summed E-state index contributed by atoms with van der Waals surface area (Å²) in [6.45, 7) is 9.92. The first-order valence-electron chi connectivity index (χ1n) is 14.5. The highest BCUT2D eigenvalue weighted by Gasteiger charge is 2.65. The third-order valence-corrected chi connectivity index (χ3v) is 9.58. The fraction of sp³-hybridized carbons (Fsp3) is 0.455. The molecule has 1 aliphatic carbocycles. The number of anilines is 1. The first-order valence-corrected chi connectivity index (χ1v) is 14.5. The summed E-state index contributed by atoms with van der Waals surface area (Å²) in [6, 6.07) is 17.4. The molecular weight excluding hydrogens is 502 g/mol. The molecule has 0 bridgehead atoms. The number of hydrogen-bond donors (Lipinski definition) is 1. The average molecular weight is 540 g/mol. The number of rotatable bonds is 7. The first kappa shape index (κ1) is 25.5. The minimum absolute atomic E-state index is 0.230. The smallest absolute Gasteiger partial charge is 0.311 e. The summed E-state index contributed by atoms with van der Waals surface area (Å²) in [7, 11) is 0. The molecule has 7 heteroatoms. The molecule has 208 valence electrons. The zero-order valence-corrected chi connectivity index (χ0v) is 23.4. The lowest BCUT2D eigenvalue weighted by Gasteiger charge is -2.34. The van der Waals surface area contributed by atoms with E-state index >= 15 is 0 Å². The van der Waals surface area contributed by atoms with Crippen LogP contribution in [0.3, 0.4) is 0 Å². The van der Waals surface area contributed by atoms with E-state index in [0.717, 1.165) is 80.5 Å². The number of nitrogens with zero attached hydrogens (tertiary/aromatic N) is 3. The lowest BCUT2D eigenvalue weighted by atomic mass is 9.92. The number of benzene rings is 2.